The number of phenols is 1. The molecule has 2 heteroatoms. The summed E-state index contributed by atoms with van der Waals surface area (Å²) in [5, 5.41) is 13.1. The average molecular weight is 225 g/mol. The van der Waals surface area contributed by atoms with Crippen LogP contribution in [-0.4, -0.2) is 5.11 Å². The van der Waals surface area contributed by atoms with E-state index in [-0.39, 0.29) is 5.75 Å². The van der Waals surface area contributed by atoms with Crippen molar-refractivity contribution >= 4 is 21.4 Å². The van der Waals surface area contributed by atoms with E-state index in [0.29, 0.717) is 0 Å². The molecule has 0 fully saturated rings. The highest BCUT2D eigenvalue weighted by molar-refractivity contribution is 7.17. The summed E-state index contributed by atoms with van der Waals surface area (Å²) in [6.45, 7) is 0. The summed E-state index contributed by atoms with van der Waals surface area (Å²) in [6.07, 6.45) is 0. The predicted octanol–water partition coefficient (Wildman–Crippen LogP) is 4.07. The first-order valence-corrected chi connectivity index (χ1v) is 5.90. The molecule has 1 heterocycles. The van der Waals surface area contributed by atoms with Crippen LogP contribution in [0.4, 0.5) is 0 Å². The van der Waals surface area contributed by atoms with Gasteiger partial charge in [0.1, 0.15) is 5.75 Å². The standard InChI is InChI=1S/C14H9OS/c15-13-4-2-1-3-12(13)11-6-5-10-7-8-16-14(10)9-11/h1-2,4-9,15H. The summed E-state index contributed by atoms with van der Waals surface area (Å²) < 4.78 is 1.23. The molecular formula is C14H9OS. The van der Waals surface area contributed by atoms with Crippen molar-refractivity contribution in [2.45, 2.75) is 0 Å². The van der Waals surface area contributed by atoms with Crippen molar-refractivity contribution in [1.29, 1.82) is 0 Å². The molecule has 3 rings (SSSR count). The number of benzene rings is 2. The number of aromatic hydroxyl groups is 1. The largest absolute Gasteiger partial charge is 0.507 e. The van der Waals surface area contributed by atoms with Gasteiger partial charge in [0.15, 0.2) is 0 Å². The van der Waals surface area contributed by atoms with Crippen LogP contribution in [0.1, 0.15) is 0 Å². The quantitative estimate of drug-likeness (QED) is 0.661. The minimum absolute atomic E-state index is 0.276. The van der Waals surface area contributed by atoms with Crippen LogP contribution in [-0.2, 0) is 0 Å². The SMILES string of the molecule is Oc1ccc[c]c1-c1ccc2ccsc2c1. The Morgan fingerprint density at radius 1 is 1.12 bits per heavy atom. The third-order valence-corrected chi connectivity index (χ3v) is 3.46. The lowest BCUT2D eigenvalue weighted by Crippen LogP contribution is -1.78. The zero-order valence-electron chi connectivity index (χ0n) is 8.47. The minimum Gasteiger partial charge on any atom is -0.507 e. The van der Waals surface area contributed by atoms with Gasteiger partial charge < -0.3 is 5.11 Å². The van der Waals surface area contributed by atoms with E-state index in [9.17, 15) is 5.11 Å². The smallest absolute Gasteiger partial charge is 0.124 e. The van der Waals surface area contributed by atoms with Gasteiger partial charge in [-0.05, 0) is 40.6 Å². The second-order valence-electron chi connectivity index (χ2n) is 3.60. The molecule has 0 aliphatic rings. The molecule has 2 aromatic carbocycles. The summed E-state index contributed by atoms with van der Waals surface area (Å²) >= 11 is 1.71. The van der Waals surface area contributed by atoms with E-state index in [4.69, 9.17) is 0 Å². The predicted molar refractivity (Wildman–Crippen MR) is 67.8 cm³/mol. The van der Waals surface area contributed by atoms with Gasteiger partial charge in [-0.3, -0.25) is 0 Å². The second kappa shape index (κ2) is 3.65. The lowest BCUT2D eigenvalue weighted by Gasteiger charge is -2.03. The lowest BCUT2D eigenvalue weighted by atomic mass is 10.0. The highest BCUT2D eigenvalue weighted by Gasteiger charge is 2.04. The third kappa shape index (κ3) is 1.48. The molecular weight excluding hydrogens is 216 g/mol. The van der Waals surface area contributed by atoms with E-state index < -0.39 is 0 Å². The Bertz CT molecular complexity index is 640. The Labute approximate surface area is 97.6 Å². The Morgan fingerprint density at radius 2 is 2.06 bits per heavy atom. The normalized spacial score (nSPS) is 10.8. The Hall–Kier alpha value is -1.80. The van der Waals surface area contributed by atoms with E-state index in [1.807, 2.05) is 12.1 Å². The molecule has 0 spiro atoms. The maximum Gasteiger partial charge on any atom is 0.124 e. The number of rotatable bonds is 1. The molecule has 1 radical (unpaired) electrons. The topological polar surface area (TPSA) is 20.2 Å². The van der Waals surface area contributed by atoms with Crippen molar-refractivity contribution in [3.05, 3.63) is 53.9 Å². The van der Waals surface area contributed by atoms with Gasteiger partial charge in [0.25, 0.3) is 0 Å². The van der Waals surface area contributed by atoms with Crippen molar-refractivity contribution in [1.82, 2.24) is 0 Å². The molecule has 0 aliphatic heterocycles. The molecule has 3 aromatic rings. The molecule has 77 valence electrons. The maximum atomic E-state index is 9.76. The molecule has 1 aromatic heterocycles. The summed E-state index contributed by atoms with van der Waals surface area (Å²) in [7, 11) is 0. The van der Waals surface area contributed by atoms with Crippen LogP contribution in [0.5, 0.6) is 5.75 Å². The zero-order valence-corrected chi connectivity index (χ0v) is 9.29. The van der Waals surface area contributed by atoms with Crippen LogP contribution in [0.25, 0.3) is 21.2 Å². The lowest BCUT2D eigenvalue weighted by molar-refractivity contribution is 0.477. The maximum absolute atomic E-state index is 9.76. The van der Waals surface area contributed by atoms with Crippen LogP contribution in [0, 0.1) is 6.07 Å². The molecule has 0 amide bonds. The van der Waals surface area contributed by atoms with Crippen LogP contribution >= 0.6 is 11.3 Å². The molecule has 0 aliphatic carbocycles. The fourth-order valence-corrected chi connectivity index (χ4v) is 2.60. The highest BCUT2D eigenvalue weighted by atomic mass is 32.1. The van der Waals surface area contributed by atoms with Gasteiger partial charge >= 0.3 is 0 Å². The Balaban J connectivity index is 2.22. The molecule has 0 atom stereocenters. The highest BCUT2D eigenvalue weighted by Crippen LogP contribution is 2.32. The van der Waals surface area contributed by atoms with E-state index >= 15 is 0 Å². The van der Waals surface area contributed by atoms with Crippen LogP contribution < -0.4 is 0 Å². The van der Waals surface area contributed by atoms with E-state index in [0.717, 1.165) is 11.1 Å². The van der Waals surface area contributed by atoms with Crippen LogP contribution in [0.15, 0.2) is 47.8 Å². The fourth-order valence-electron chi connectivity index (χ4n) is 1.77. The fraction of sp³-hybridized carbons (Fsp3) is 0. The van der Waals surface area contributed by atoms with Gasteiger partial charge in [0, 0.05) is 10.3 Å². The number of thiophene rings is 1. The molecule has 0 saturated heterocycles. The molecule has 0 bridgehead atoms. The number of fused-ring (bicyclic) bond motifs is 1. The Kier molecular flexibility index (Phi) is 2.15. The number of hydrogen-bond donors (Lipinski definition) is 1. The monoisotopic (exact) mass is 225 g/mol. The number of phenolic OH excluding ortho intramolecular Hbond substituents is 1. The average Bonchev–Trinajstić information content (AvgIpc) is 2.76. The van der Waals surface area contributed by atoms with Gasteiger partial charge in [-0.15, -0.1) is 11.3 Å². The molecule has 1 nitrogen and oxygen atoms in total. The van der Waals surface area contributed by atoms with Crippen molar-refractivity contribution < 1.29 is 5.11 Å². The van der Waals surface area contributed by atoms with Crippen molar-refractivity contribution in [2.75, 3.05) is 0 Å². The Morgan fingerprint density at radius 3 is 2.94 bits per heavy atom. The van der Waals surface area contributed by atoms with Gasteiger partial charge in [0.05, 0.1) is 0 Å². The molecule has 16 heavy (non-hydrogen) atoms. The molecule has 0 unspecified atom stereocenters. The van der Waals surface area contributed by atoms with E-state index in [2.05, 4.69) is 29.6 Å². The first-order valence-electron chi connectivity index (χ1n) is 5.02. The van der Waals surface area contributed by atoms with Gasteiger partial charge in [-0.1, -0.05) is 24.3 Å². The van der Waals surface area contributed by atoms with Crippen molar-refractivity contribution in [3.63, 3.8) is 0 Å². The number of hydrogen-bond acceptors (Lipinski definition) is 2. The van der Waals surface area contributed by atoms with Crippen LogP contribution in [0.2, 0.25) is 0 Å². The van der Waals surface area contributed by atoms with E-state index in [1.54, 1.807) is 23.5 Å². The summed E-state index contributed by atoms with van der Waals surface area (Å²) in [5.74, 6) is 0.276. The summed E-state index contributed by atoms with van der Waals surface area (Å²) in [6, 6.07) is 16.6. The first-order chi connectivity index (χ1) is 7.84. The van der Waals surface area contributed by atoms with Gasteiger partial charge in [-0.2, -0.15) is 0 Å². The van der Waals surface area contributed by atoms with Gasteiger partial charge in [-0.25, -0.2) is 0 Å². The first kappa shape index (κ1) is 9.43. The summed E-state index contributed by atoms with van der Waals surface area (Å²) in [4.78, 5) is 0. The van der Waals surface area contributed by atoms with E-state index in [1.165, 1.54) is 10.1 Å². The second-order valence-corrected chi connectivity index (χ2v) is 4.55. The third-order valence-electron chi connectivity index (χ3n) is 2.58. The molecule has 1 N–H and O–H groups in total. The minimum atomic E-state index is 0.276. The van der Waals surface area contributed by atoms with Crippen molar-refractivity contribution in [2.24, 2.45) is 0 Å². The summed E-state index contributed by atoms with van der Waals surface area (Å²) in [5.41, 5.74) is 1.77. The molecule has 0 saturated carbocycles. The van der Waals surface area contributed by atoms with Gasteiger partial charge in [0.2, 0.25) is 0 Å². The van der Waals surface area contributed by atoms with Crippen molar-refractivity contribution in [3.8, 4) is 16.9 Å². The zero-order chi connectivity index (χ0) is 11.0. The van der Waals surface area contributed by atoms with Crippen LogP contribution in [0.3, 0.4) is 0 Å².